The Kier molecular flexibility index (Phi) is 6.99. The summed E-state index contributed by atoms with van der Waals surface area (Å²) in [6.45, 7) is 5.73. The van der Waals surface area contributed by atoms with E-state index in [0.29, 0.717) is 6.54 Å². The van der Waals surface area contributed by atoms with Crippen LogP contribution in [0.2, 0.25) is 0 Å². The van der Waals surface area contributed by atoms with Gasteiger partial charge in [0, 0.05) is 57.4 Å². The van der Waals surface area contributed by atoms with E-state index in [9.17, 15) is 0 Å². The highest BCUT2D eigenvalue weighted by atomic mass is 16.5. The van der Waals surface area contributed by atoms with Crippen LogP contribution in [-0.4, -0.2) is 66.7 Å². The first-order chi connectivity index (χ1) is 20.7. The maximum Gasteiger partial charge on any atom is 0.229 e. The number of nitrogens with zero attached hydrogens (tertiary/aromatic N) is 7. The molecule has 2 aliphatic heterocycles. The lowest BCUT2D eigenvalue weighted by atomic mass is 10.1. The summed E-state index contributed by atoms with van der Waals surface area (Å²) in [5.41, 5.74) is 5.59. The Labute approximate surface area is 245 Å². The van der Waals surface area contributed by atoms with Gasteiger partial charge in [0.25, 0.3) is 0 Å². The molecule has 0 aliphatic carbocycles. The van der Waals surface area contributed by atoms with Crippen LogP contribution in [0.5, 0.6) is 11.5 Å². The zero-order valence-corrected chi connectivity index (χ0v) is 24.1. The van der Waals surface area contributed by atoms with Crippen molar-refractivity contribution < 1.29 is 9.47 Å². The lowest BCUT2D eigenvalue weighted by molar-refractivity contribution is 0.414. The highest BCUT2D eigenvalue weighted by molar-refractivity contribution is 5.92. The van der Waals surface area contributed by atoms with E-state index in [-0.39, 0.29) is 0 Å². The molecule has 1 fully saturated rings. The van der Waals surface area contributed by atoms with Gasteiger partial charge in [-0.15, -0.1) is 0 Å². The minimum Gasteiger partial charge on any atom is -0.497 e. The smallest absolute Gasteiger partial charge is 0.229 e. The minimum absolute atomic E-state index is 0.676. The fourth-order valence-electron chi connectivity index (χ4n) is 5.95. The zero-order chi connectivity index (χ0) is 28.5. The number of ether oxygens (including phenoxy) is 2. The molecule has 9 nitrogen and oxygen atoms in total. The molecule has 2 aliphatic rings. The summed E-state index contributed by atoms with van der Waals surface area (Å²) >= 11 is 0. The molecule has 0 saturated carbocycles. The van der Waals surface area contributed by atoms with Crippen LogP contribution in [0.15, 0.2) is 78.9 Å². The molecule has 5 aromatic rings. The number of methoxy groups -OCH3 is 2. The molecule has 7 rings (SSSR count). The van der Waals surface area contributed by atoms with Gasteiger partial charge >= 0.3 is 0 Å². The van der Waals surface area contributed by atoms with Crippen molar-refractivity contribution in [3.63, 3.8) is 0 Å². The van der Waals surface area contributed by atoms with Crippen molar-refractivity contribution >= 4 is 28.5 Å². The molecule has 9 heteroatoms. The van der Waals surface area contributed by atoms with Crippen molar-refractivity contribution in [3.8, 4) is 11.5 Å². The highest BCUT2D eigenvalue weighted by Gasteiger charge is 2.29. The van der Waals surface area contributed by atoms with E-state index < -0.39 is 0 Å². The van der Waals surface area contributed by atoms with Crippen molar-refractivity contribution in [2.45, 2.75) is 19.5 Å². The zero-order valence-electron chi connectivity index (χ0n) is 24.1. The molecule has 0 spiro atoms. The fraction of sp³-hybridized carbons (Fsp3) is 0.303. The summed E-state index contributed by atoms with van der Waals surface area (Å²) in [5, 5.41) is 6.14. The molecule has 4 heterocycles. The van der Waals surface area contributed by atoms with Gasteiger partial charge in [-0.05, 0) is 35.4 Å². The average Bonchev–Trinajstić information content (AvgIpc) is 3.40. The first-order valence-corrected chi connectivity index (χ1v) is 14.5. The fourth-order valence-corrected chi connectivity index (χ4v) is 5.95. The largest absolute Gasteiger partial charge is 0.497 e. The summed E-state index contributed by atoms with van der Waals surface area (Å²) in [4.78, 5) is 17.5. The first kappa shape index (κ1) is 26.1. The maximum absolute atomic E-state index is 5.45. The van der Waals surface area contributed by atoms with E-state index in [4.69, 9.17) is 24.5 Å². The van der Waals surface area contributed by atoms with Gasteiger partial charge in [-0.25, -0.2) is 4.68 Å². The third-order valence-electron chi connectivity index (χ3n) is 8.24. The van der Waals surface area contributed by atoms with Gasteiger partial charge in [0.05, 0.1) is 31.8 Å². The molecular weight excluding hydrogens is 526 g/mol. The number of anilines is 3. The highest BCUT2D eigenvalue weighted by Crippen LogP contribution is 2.35. The maximum atomic E-state index is 5.45. The lowest BCUT2D eigenvalue weighted by Gasteiger charge is -2.37. The predicted octanol–water partition coefficient (Wildman–Crippen LogP) is 4.78. The lowest BCUT2D eigenvalue weighted by Crippen LogP contribution is -2.47. The van der Waals surface area contributed by atoms with Crippen molar-refractivity contribution in [2.24, 2.45) is 0 Å². The third-order valence-corrected chi connectivity index (χ3v) is 8.24. The number of aromatic nitrogens is 4. The van der Waals surface area contributed by atoms with Gasteiger partial charge in [0.15, 0.2) is 5.65 Å². The van der Waals surface area contributed by atoms with Crippen molar-refractivity contribution in [1.82, 2.24) is 19.7 Å². The Morgan fingerprint density at radius 2 is 1.43 bits per heavy atom. The van der Waals surface area contributed by atoms with Crippen molar-refractivity contribution in [3.05, 3.63) is 95.7 Å². The second-order valence-corrected chi connectivity index (χ2v) is 10.8. The minimum atomic E-state index is 0.676. The summed E-state index contributed by atoms with van der Waals surface area (Å²) in [6.07, 6.45) is 0.864. The third kappa shape index (κ3) is 5.06. The second-order valence-electron chi connectivity index (χ2n) is 10.8. The van der Waals surface area contributed by atoms with Crippen LogP contribution in [0.3, 0.4) is 0 Å². The summed E-state index contributed by atoms with van der Waals surface area (Å²) in [6, 6.07) is 27.1. The van der Waals surface area contributed by atoms with Gasteiger partial charge in [-0.1, -0.05) is 48.5 Å². The number of hydrogen-bond acceptors (Lipinski definition) is 8. The van der Waals surface area contributed by atoms with E-state index in [1.807, 2.05) is 30.3 Å². The molecule has 2 aromatic heterocycles. The Balaban J connectivity index is 1.22. The Hall–Kier alpha value is -4.79. The number of benzene rings is 3. The number of piperazine rings is 1. The van der Waals surface area contributed by atoms with E-state index in [1.54, 1.807) is 14.2 Å². The second kappa shape index (κ2) is 11.2. The molecule has 0 amide bonds. The van der Waals surface area contributed by atoms with Crippen LogP contribution in [0.25, 0.3) is 11.0 Å². The summed E-state index contributed by atoms with van der Waals surface area (Å²) in [5.74, 6) is 3.48. The molecule has 3 aromatic carbocycles. The van der Waals surface area contributed by atoms with Crippen LogP contribution in [0, 0.1) is 0 Å². The van der Waals surface area contributed by atoms with Crippen LogP contribution >= 0.6 is 0 Å². The number of hydrogen-bond donors (Lipinski definition) is 0. The molecule has 0 atom stereocenters. The summed E-state index contributed by atoms with van der Waals surface area (Å²) < 4.78 is 12.9. The van der Waals surface area contributed by atoms with Gasteiger partial charge in [-0.2, -0.15) is 15.1 Å². The van der Waals surface area contributed by atoms with Gasteiger partial charge in [-0.3, -0.25) is 0 Å². The Morgan fingerprint density at radius 3 is 2.19 bits per heavy atom. The average molecular weight is 562 g/mol. The van der Waals surface area contributed by atoms with Crippen LogP contribution in [0.1, 0.15) is 16.8 Å². The quantitative estimate of drug-likeness (QED) is 0.268. The predicted molar refractivity (Wildman–Crippen MR) is 166 cm³/mol. The van der Waals surface area contributed by atoms with Gasteiger partial charge in [0.1, 0.15) is 17.3 Å². The van der Waals surface area contributed by atoms with E-state index in [1.165, 1.54) is 16.8 Å². The van der Waals surface area contributed by atoms with Crippen LogP contribution in [-0.2, 0) is 19.5 Å². The van der Waals surface area contributed by atoms with Gasteiger partial charge in [0.2, 0.25) is 5.95 Å². The molecule has 0 radical (unpaired) electrons. The molecule has 42 heavy (non-hydrogen) atoms. The molecule has 214 valence electrons. The monoisotopic (exact) mass is 561 g/mol. The normalized spacial score (nSPS) is 14.9. The molecule has 0 unspecified atom stereocenters. The van der Waals surface area contributed by atoms with Crippen LogP contribution in [0.4, 0.5) is 17.5 Å². The molecule has 0 bridgehead atoms. The Morgan fingerprint density at radius 1 is 0.690 bits per heavy atom. The SMILES string of the molecule is COc1ccc(CN2CCc3nn(Cc4ccccc4)c4nc(N5CCN(c6cccc(OC)c6)CC5)nc2c34)cc1. The van der Waals surface area contributed by atoms with Crippen molar-refractivity contribution in [1.29, 1.82) is 0 Å². The van der Waals surface area contributed by atoms with Crippen molar-refractivity contribution in [2.75, 3.05) is 61.6 Å². The first-order valence-electron chi connectivity index (χ1n) is 14.5. The van der Waals surface area contributed by atoms with E-state index in [2.05, 4.69) is 67.9 Å². The van der Waals surface area contributed by atoms with E-state index in [0.717, 1.165) is 85.7 Å². The topological polar surface area (TPSA) is 71.8 Å². The van der Waals surface area contributed by atoms with E-state index >= 15 is 0 Å². The van der Waals surface area contributed by atoms with Gasteiger partial charge < -0.3 is 24.2 Å². The molecule has 0 N–H and O–H groups in total. The molecular formula is C33H35N7O2. The summed E-state index contributed by atoms with van der Waals surface area (Å²) in [7, 11) is 3.41. The van der Waals surface area contributed by atoms with Crippen LogP contribution < -0.4 is 24.2 Å². The number of rotatable bonds is 8. The Bertz CT molecular complexity index is 1680. The molecule has 1 saturated heterocycles. The standard InChI is InChI=1S/C33H35N7O2/c1-41-27-13-11-25(12-14-27)22-39-16-15-29-30-31(39)34-33(35-32(30)40(36-29)23-24-7-4-3-5-8-24)38-19-17-37(18-20-38)26-9-6-10-28(21-26)42-2/h3-14,21H,15-20,22-23H2,1-2H3.